The molecule has 2 amide bonds. The van der Waals surface area contributed by atoms with E-state index >= 15 is 0 Å². The van der Waals surface area contributed by atoms with E-state index in [1.165, 1.54) is 6.08 Å². The van der Waals surface area contributed by atoms with Crippen LogP contribution in [-0.4, -0.2) is 51.2 Å². The van der Waals surface area contributed by atoms with Gasteiger partial charge in [0.25, 0.3) is 0 Å². The number of hydrogen-bond donors (Lipinski definition) is 2. The van der Waals surface area contributed by atoms with E-state index in [1.807, 2.05) is 0 Å². The molecule has 0 aliphatic heterocycles. The average molecular weight is 333 g/mol. The minimum Gasteiger partial charge on any atom is -0.465 e. The maximum absolute atomic E-state index is 11.0. The lowest BCUT2D eigenvalue weighted by molar-refractivity contribution is -0.0468. The zero-order valence-corrected chi connectivity index (χ0v) is 14.6. The van der Waals surface area contributed by atoms with Gasteiger partial charge in [-0.15, -0.1) is 6.58 Å². The lowest BCUT2D eigenvalue weighted by atomic mass is 10.2. The van der Waals surface area contributed by atoms with Crippen molar-refractivity contribution in [3.63, 3.8) is 0 Å². The summed E-state index contributed by atoms with van der Waals surface area (Å²) in [5.74, 6) is 0. The molecule has 0 aromatic heterocycles. The molecule has 8 heteroatoms. The largest absolute Gasteiger partial charge is 0.509 e. The van der Waals surface area contributed by atoms with Crippen molar-refractivity contribution in [3.8, 4) is 0 Å². The van der Waals surface area contributed by atoms with E-state index < -0.39 is 29.5 Å². The van der Waals surface area contributed by atoms with Crippen molar-refractivity contribution in [2.45, 2.75) is 59.2 Å². The molecule has 0 spiro atoms. The summed E-state index contributed by atoms with van der Waals surface area (Å²) >= 11 is 0. The Morgan fingerprint density at radius 3 is 1.52 bits per heavy atom. The number of carboxylic acid groups (broad SMARTS) is 2. The molecule has 0 aliphatic rings. The predicted molar refractivity (Wildman–Crippen MR) is 84.6 cm³/mol. The Morgan fingerprint density at radius 1 is 0.957 bits per heavy atom. The molecule has 0 fully saturated rings. The van der Waals surface area contributed by atoms with Crippen molar-refractivity contribution in [3.05, 3.63) is 12.7 Å². The number of carbonyl (C=O) groups excluding carboxylic acids is 1. The van der Waals surface area contributed by atoms with Gasteiger partial charge < -0.3 is 19.7 Å². The Bertz CT molecular complexity index is 387. The molecule has 2 N–H and O–H groups in total. The fourth-order valence-corrected chi connectivity index (χ4v) is 1.01. The molecule has 0 atom stereocenters. The van der Waals surface area contributed by atoms with E-state index in [0.717, 1.165) is 0 Å². The van der Waals surface area contributed by atoms with Crippen molar-refractivity contribution in [1.82, 2.24) is 4.90 Å². The minimum atomic E-state index is -1.46. The van der Waals surface area contributed by atoms with Crippen LogP contribution in [0.3, 0.4) is 0 Å². The molecule has 0 aromatic rings. The first-order chi connectivity index (χ1) is 10.2. The van der Waals surface area contributed by atoms with Gasteiger partial charge in [0.2, 0.25) is 0 Å². The monoisotopic (exact) mass is 333 g/mol. The van der Waals surface area contributed by atoms with Gasteiger partial charge in [0.15, 0.2) is 0 Å². The molecule has 0 rings (SSSR count). The Labute approximate surface area is 136 Å². The normalized spacial score (nSPS) is 10.7. The van der Waals surface area contributed by atoms with Crippen molar-refractivity contribution >= 4 is 18.3 Å². The zero-order valence-electron chi connectivity index (χ0n) is 14.6. The Balaban J connectivity index is 0. The third-order valence-electron chi connectivity index (χ3n) is 1.80. The first-order valence-corrected chi connectivity index (χ1v) is 6.96. The lowest BCUT2D eigenvalue weighted by Crippen LogP contribution is -2.34. The SMILES string of the molecule is C=CCCN(C(=O)O)C(=O)O.CC(C)(C)OC(=O)OC(C)(C)C. The molecule has 0 bridgehead atoms. The van der Waals surface area contributed by atoms with Crippen LogP contribution in [0.4, 0.5) is 14.4 Å². The van der Waals surface area contributed by atoms with Crippen LogP contribution < -0.4 is 0 Å². The molecule has 23 heavy (non-hydrogen) atoms. The van der Waals surface area contributed by atoms with Gasteiger partial charge in [-0.1, -0.05) is 6.08 Å². The van der Waals surface area contributed by atoms with E-state index in [4.69, 9.17) is 19.7 Å². The number of carbonyl (C=O) groups is 3. The second kappa shape index (κ2) is 9.70. The van der Waals surface area contributed by atoms with Gasteiger partial charge in [0.1, 0.15) is 11.2 Å². The van der Waals surface area contributed by atoms with Gasteiger partial charge in [-0.25, -0.2) is 19.3 Å². The minimum absolute atomic E-state index is 0.0613. The van der Waals surface area contributed by atoms with Gasteiger partial charge in [-0.05, 0) is 48.0 Å². The highest BCUT2D eigenvalue weighted by atomic mass is 16.7. The molecular formula is C15H27NO7. The zero-order chi connectivity index (χ0) is 18.8. The highest BCUT2D eigenvalue weighted by Crippen LogP contribution is 2.13. The number of amides is 2. The van der Waals surface area contributed by atoms with Crippen LogP contribution in [0.2, 0.25) is 0 Å². The number of rotatable bonds is 3. The van der Waals surface area contributed by atoms with Crippen LogP contribution >= 0.6 is 0 Å². The number of imide groups is 1. The van der Waals surface area contributed by atoms with Crippen molar-refractivity contribution in [2.24, 2.45) is 0 Å². The Morgan fingerprint density at radius 2 is 1.30 bits per heavy atom. The molecular weight excluding hydrogens is 306 g/mol. The summed E-state index contributed by atoms with van der Waals surface area (Å²) in [5, 5.41) is 16.6. The summed E-state index contributed by atoms with van der Waals surface area (Å²) in [4.78, 5) is 31.7. The third kappa shape index (κ3) is 16.0. The van der Waals surface area contributed by atoms with E-state index in [0.29, 0.717) is 11.3 Å². The Kier molecular flexibility index (Phi) is 9.71. The standard InChI is InChI=1S/C9H18O3.C6H9NO4/c1-8(2,3)11-7(10)12-9(4,5)6;1-2-3-4-7(5(8)9)6(10)11/h1-6H3;2H,1,3-4H2,(H,8,9)(H,10,11). The fourth-order valence-electron chi connectivity index (χ4n) is 1.01. The molecule has 0 aliphatic carbocycles. The highest BCUT2D eigenvalue weighted by molar-refractivity contribution is 5.85. The first kappa shape index (κ1) is 23.0. The maximum Gasteiger partial charge on any atom is 0.509 e. The quantitative estimate of drug-likeness (QED) is 0.593. The van der Waals surface area contributed by atoms with Crippen molar-refractivity contribution in [1.29, 1.82) is 0 Å². The second-order valence-corrected chi connectivity index (χ2v) is 6.47. The van der Waals surface area contributed by atoms with Gasteiger partial charge in [0.05, 0.1) is 0 Å². The molecule has 134 valence electrons. The van der Waals surface area contributed by atoms with Crippen LogP contribution in [0.25, 0.3) is 0 Å². The second-order valence-electron chi connectivity index (χ2n) is 6.47. The van der Waals surface area contributed by atoms with Gasteiger partial charge in [0, 0.05) is 6.54 Å². The van der Waals surface area contributed by atoms with Crippen LogP contribution in [0.15, 0.2) is 12.7 Å². The molecule has 0 unspecified atom stereocenters. The summed E-state index contributed by atoms with van der Waals surface area (Å²) < 4.78 is 9.91. The summed E-state index contributed by atoms with van der Waals surface area (Å²) in [7, 11) is 0. The molecule has 0 saturated carbocycles. The number of nitrogens with zero attached hydrogens (tertiary/aromatic N) is 1. The van der Waals surface area contributed by atoms with Crippen molar-refractivity contribution < 1.29 is 34.1 Å². The first-order valence-electron chi connectivity index (χ1n) is 6.96. The maximum atomic E-state index is 11.0. The van der Waals surface area contributed by atoms with Crippen LogP contribution in [0.5, 0.6) is 0 Å². The lowest BCUT2D eigenvalue weighted by Gasteiger charge is -2.24. The van der Waals surface area contributed by atoms with Gasteiger partial charge >= 0.3 is 18.3 Å². The summed E-state index contributed by atoms with van der Waals surface area (Å²) in [6, 6.07) is 0. The summed E-state index contributed by atoms with van der Waals surface area (Å²) in [5.41, 5.74) is -0.968. The number of hydrogen-bond acceptors (Lipinski definition) is 5. The van der Waals surface area contributed by atoms with Gasteiger partial charge in [-0.2, -0.15) is 0 Å². The van der Waals surface area contributed by atoms with E-state index in [2.05, 4.69) is 6.58 Å². The molecule has 0 radical (unpaired) electrons. The molecule has 0 heterocycles. The molecule has 0 aromatic carbocycles. The van der Waals surface area contributed by atoms with Crippen LogP contribution in [0.1, 0.15) is 48.0 Å². The topological polar surface area (TPSA) is 113 Å². The summed E-state index contributed by atoms with van der Waals surface area (Å²) in [6.45, 7) is 14.1. The summed E-state index contributed by atoms with van der Waals surface area (Å²) in [6.07, 6.45) is -1.74. The smallest absolute Gasteiger partial charge is 0.465 e. The van der Waals surface area contributed by atoms with Gasteiger partial charge in [-0.3, -0.25) is 0 Å². The molecule has 8 nitrogen and oxygen atoms in total. The van der Waals surface area contributed by atoms with E-state index in [-0.39, 0.29) is 6.54 Å². The number of ether oxygens (including phenoxy) is 2. The predicted octanol–water partition coefficient (Wildman–Crippen LogP) is 3.96. The Hall–Kier alpha value is -2.25. The molecule has 0 saturated heterocycles. The van der Waals surface area contributed by atoms with Crippen LogP contribution in [0, 0.1) is 0 Å². The van der Waals surface area contributed by atoms with E-state index in [9.17, 15) is 14.4 Å². The fraction of sp³-hybridized carbons (Fsp3) is 0.667. The average Bonchev–Trinajstić information content (AvgIpc) is 2.23. The van der Waals surface area contributed by atoms with Crippen molar-refractivity contribution in [2.75, 3.05) is 6.54 Å². The third-order valence-corrected chi connectivity index (χ3v) is 1.80. The van der Waals surface area contributed by atoms with Crippen LogP contribution in [-0.2, 0) is 9.47 Å². The highest BCUT2D eigenvalue weighted by Gasteiger charge is 2.22. The van der Waals surface area contributed by atoms with E-state index in [1.54, 1.807) is 41.5 Å².